The van der Waals surface area contributed by atoms with E-state index in [2.05, 4.69) is 4.99 Å². The molecule has 0 bridgehead atoms. The average Bonchev–Trinajstić information content (AvgIpc) is 2.80. The fourth-order valence-corrected chi connectivity index (χ4v) is 3.18. The Labute approximate surface area is 132 Å². The summed E-state index contributed by atoms with van der Waals surface area (Å²) in [5, 5.41) is 0. The summed E-state index contributed by atoms with van der Waals surface area (Å²) in [4.78, 5) is 27.5. The van der Waals surface area contributed by atoms with Crippen molar-refractivity contribution in [3.63, 3.8) is 0 Å². The molecule has 22 heavy (non-hydrogen) atoms. The lowest BCUT2D eigenvalue weighted by Crippen LogP contribution is -2.19. The molecule has 1 aromatic heterocycles. The molecule has 0 saturated carbocycles. The molecular weight excluding hydrogens is 304 g/mol. The van der Waals surface area contributed by atoms with Crippen molar-refractivity contribution in [3.05, 3.63) is 23.0 Å². The first-order valence-electron chi connectivity index (χ1n) is 6.93. The van der Waals surface area contributed by atoms with Crippen LogP contribution in [0.5, 0.6) is 5.75 Å². The van der Waals surface area contributed by atoms with Crippen molar-refractivity contribution in [2.75, 3.05) is 13.7 Å². The molecule has 0 aliphatic carbocycles. The third kappa shape index (κ3) is 3.73. The number of ether oxygens (including phenoxy) is 2. The third-order valence-electron chi connectivity index (χ3n) is 2.99. The van der Waals surface area contributed by atoms with E-state index in [9.17, 15) is 9.59 Å². The van der Waals surface area contributed by atoms with Gasteiger partial charge < -0.3 is 14.0 Å². The highest BCUT2D eigenvalue weighted by Crippen LogP contribution is 2.23. The highest BCUT2D eigenvalue weighted by Gasteiger charge is 2.10. The summed E-state index contributed by atoms with van der Waals surface area (Å²) in [5.41, 5.74) is 0.912. The summed E-state index contributed by atoms with van der Waals surface area (Å²) in [7, 11) is 1.60. The quantitative estimate of drug-likeness (QED) is 0.791. The maximum atomic E-state index is 11.6. The number of hydrogen-bond acceptors (Lipinski definition) is 5. The van der Waals surface area contributed by atoms with Crippen LogP contribution in [0.3, 0.4) is 0 Å². The number of nitrogens with zero attached hydrogens (tertiary/aromatic N) is 2. The van der Waals surface area contributed by atoms with E-state index >= 15 is 0 Å². The van der Waals surface area contributed by atoms with Gasteiger partial charge in [0.1, 0.15) is 5.75 Å². The van der Waals surface area contributed by atoms with E-state index in [1.54, 1.807) is 14.0 Å². The molecule has 0 unspecified atom stereocenters. The largest absolute Gasteiger partial charge is 0.497 e. The summed E-state index contributed by atoms with van der Waals surface area (Å²) < 4.78 is 13.0. The zero-order valence-corrected chi connectivity index (χ0v) is 13.6. The number of hydrogen-bond donors (Lipinski definition) is 0. The Bertz CT molecular complexity index is 760. The normalized spacial score (nSPS) is 11.7. The lowest BCUT2D eigenvalue weighted by molar-refractivity contribution is -0.143. The fourth-order valence-electron chi connectivity index (χ4n) is 2.05. The first kappa shape index (κ1) is 16.2. The van der Waals surface area contributed by atoms with E-state index in [0.29, 0.717) is 18.0 Å². The van der Waals surface area contributed by atoms with E-state index in [0.717, 1.165) is 16.0 Å². The number of methoxy groups -OCH3 is 1. The second-order valence-corrected chi connectivity index (χ2v) is 5.56. The van der Waals surface area contributed by atoms with Crippen LogP contribution < -0.4 is 9.54 Å². The van der Waals surface area contributed by atoms with Gasteiger partial charge in [0.2, 0.25) is 5.91 Å². The Morgan fingerprint density at radius 3 is 2.77 bits per heavy atom. The van der Waals surface area contributed by atoms with Crippen molar-refractivity contribution in [2.45, 2.75) is 26.8 Å². The molecule has 0 saturated heterocycles. The van der Waals surface area contributed by atoms with Crippen LogP contribution in [-0.4, -0.2) is 30.2 Å². The maximum absolute atomic E-state index is 11.6. The van der Waals surface area contributed by atoms with Gasteiger partial charge in [0.15, 0.2) is 4.80 Å². The fraction of sp³-hybridized carbons (Fsp3) is 0.400. The van der Waals surface area contributed by atoms with E-state index in [-0.39, 0.29) is 18.3 Å². The molecule has 1 amide bonds. The first-order valence-corrected chi connectivity index (χ1v) is 7.75. The van der Waals surface area contributed by atoms with Gasteiger partial charge in [-0.3, -0.25) is 9.59 Å². The molecule has 0 radical (unpaired) electrons. The molecule has 0 fully saturated rings. The third-order valence-corrected chi connectivity index (χ3v) is 4.03. The van der Waals surface area contributed by atoms with Crippen LogP contribution in [0.15, 0.2) is 23.2 Å². The summed E-state index contributed by atoms with van der Waals surface area (Å²) in [5.74, 6) is 0.195. The molecule has 0 aliphatic rings. The molecule has 0 spiro atoms. The minimum absolute atomic E-state index is 0.233. The molecule has 0 N–H and O–H groups in total. The second kappa shape index (κ2) is 7.22. The summed E-state index contributed by atoms with van der Waals surface area (Å²) in [6, 6.07) is 5.63. The van der Waals surface area contributed by atoms with Crippen molar-refractivity contribution in [1.29, 1.82) is 0 Å². The van der Waals surface area contributed by atoms with Crippen molar-refractivity contribution in [1.82, 2.24) is 4.57 Å². The SMILES string of the molecule is CCOC(=O)CCn1c(=NC(C)=O)sc2cc(OC)ccc21. The van der Waals surface area contributed by atoms with Gasteiger partial charge in [0.05, 0.1) is 30.4 Å². The lowest BCUT2D eigenvalue weighted by atomic mass is 10.3. The zero-order chi connectivity index (χ0) is 16.1. The number of fused-ring (bicyclic) bond motifs is 1. The maximum Gasteiger partial charge on any atom is 0.307 e. The number of carbonyl (C=O) groups is 2. The van der Waals surface area contributed by atoms with Crippen LogP contribution in [-0.2, 0) is 20.9 Å². The molecule has 0 aliphatic heterocycles. The topological polar surface area (TPSA) is 69.9 Å². The van der Waals surface area contributed by atoms with Gasteiger partial charge in [-0.2, -0.15) is 4.99 Å². The Balaban J connectivity index is 2.44. The number of thiazole rings is 1. The molecular formula is C15H18N2O4S. The van der Waals surface area contributed by atoms with Crippen LogP contribution in [0, 0.1) is 0 Å². The van der Waals surface area contributed by atoms with Crippen LogP contribution in [0.25, 0.3) is 10.2 Å². The van der Waals surface area contributed by atoms with Gasteiger partial charge in [-0.25, -0.2) is 0 Å². The van der Waals surface area contributed by atoms with Crippen LogP contribution in [0.2, 0.25) is 0 Å². The van der Waals surface area contributed by atoms with E-state index in [4.69, 9.17) is 9.47 Å². The number of carbonyl (C=O) groups excluding carboxylic acids is 2. The highest BCUT2D eigenvalue weighted by molar-refractivity contribution is 7.16. The number of esters is 1. The van der Waals surface area contributed by atoms with Gasteiger partial charge in [-0.1, -0.05) is 11.3 Å². The lowest BCUT2D eigenvalue weighted by Gasteiger charge is -2.05. The van der Waals surface area contributed by atoms with Crippen molar-refractivity contribution >= 4 is 33.4 Å². The Kier molecular flexibility index (Phi) is 5.32. The monoisotopic (exact) mass is 322 g/mol. The Morgan fingerprint density at radius 2 is 2.14 bits per heavy atom. The molecule has 2 aromatic rings. The minimum Gasteiger partial charge on any atom is -0.497 e. The molecule has 1 heterocycles. The van der Waals surface area contributed by atoms with Gasteiger partial charge >= 0.3 is 5.97 Å². The predicted octanol–water partition coefficient (Wildman–Crippen LogP) is 2.11. The number of amides is 1. The van der Waals surface area contributed by atoms with Crippen molar-refractivity contribution < 1.29 is 19.1 Å². The van der Waals surface area contributed by atoms with Gasteiger partial charge in [-0.15, -0.1) is 0 Å². The van der Waals surface area contributed by atoms with Gasteiger partial charge in [-0.05, 0) is 25.1 Å². The summed E-state index contributed by atoms with van der Waals surface area (Å²) in [6.45, 7) is 3.95. The van der Waals surface area contributed by atoms with Crippen LogP contribution in [0.4, 0.5) is 0 Å². The van der Waals surface area contributed by atoms with E-state index in [1.165, 1.54) is 18.3 Å². The number of aryl methyl sites for hydroxylation is 1. The summed E-state index contributed by atoms with van der Waals surface area (Å²) in [6.07, 6.45) is 0.233. The standard InChI is InChI=1S/C15H18N2O4S/c1-4-21-14(19)7-8-17-12-6-5-11(20-3)9-13(12)22-15(17)16-10(2)18/h5-6,9H,4,7-8H2,1-3H3. The molecule has 6 nitrogen and oxygen atoms in total. The van der Waals surface area contributed by atoms with Gasteiger partial charge in [0, 0.05) is 13.5 Å². The molecule has 2 rings (SSSR count). The molecule has 1 aromatic carbocycles. The van der Waals surface area contributed by atoms with Crippen molar-refractivity contribution in [2.24, 2.45) is 4.99 Å². The predicted molar refractivity (Wildman–Crippen MR) is 83.9 cm³/mol. The smallest absolute Gasteiger partial charge is 0.307 e. The highest BCUT2D eigenvalue weighted by atomic mass is 32.1. The van der Waals surface area contributed by atoms with Crippen molar-refractivity contribution in [3.8, 4) is 5.75 Å². The van der Waals surface area contributed by atoms with E-state index in [1.807, 2.05) is 22.8 Å². The zero-order valence-electron chi connectivity index (χ0n) is 12.8. The van der Waals surface area contributed by atoms with Gasteiger partial charge in [0.25, 0.3) is 0 Å². The number of benzene rings is 1. The summed E-state index contributed by atoms with van der Waals surface area (Å²) >= 11 is 1.39. The molecule has 118 valence electrons. The number of rotatable bonds is 5. The minimum atomic E-state index is -0.275. The Hall–Kier alpha value is -2.15. The number of aromatic nitrogens is 1. The molecule has 7 heteroatoms. The van der Waals surface area contributed by atoms with Crippen LogP contribution in [0.1, 0.15) is 20.3 Å². The van der Waals surface area contributed by atoms with E-state index < -0.39 is 0 Å². The average molecular weight is 322 g/mol. The molecule has 0 atom stereocenters. The Morgan fingerprint density at radius 1 is 1.36 bits per heavy atom. The van der Waals surface area contributed by atoms with Crippen LogP contribution >= 0.6 is 11.3 Å². The second-order valence-electron chi connectivity index (χ2n) is 4.56. The first-order chi connectivity index (χ1) is 10.5.